The molecule has 16 heavy (non-hydrogen) atoms. The highest BCUT2D eigenvalue weighted by atomic mass is 16.5. The third-order valence-corrected chi connectivity index (χ3v) is 2.71. The highest BCUT2D eigenvalue weighted by Crippen LogP contribution is 2.31. The first kappa shape index (κ1) is 10.8. The van der Waals surface area contributed by atoms with E-state index in [2.05, 4.69) is 4.74 Å². The van der Waals surface area contributed by atoms with Crippen LogP contribution in [-0.4, -0.2) is 24.8 Å². The van der Waals surface area contributed by atoms with Crippen molar-refractivity contribution in [1.29, 1.82) is 0 Å². The molecule has 1 aliphatic heterocycles. The summed E-state index contributed by atoms with van der Waals surface area (Å²) in [7, 11) is 1.38. The number of esters is 1. The lowest BCUT2D eigenvalue weighted by Gasteiger charge is -2.24. The fraction of sp³-hybridized carbons (Fsp3) is 0.417. The number of aromatic hydroxyl groups is 1. The van der Waals surface area contributed by atoms with Crippen LogP contribution < -0.4 is 4.74 Å². The molecule has 1 aliphatic rings. The smallest absolute Gasteiger partial charge is 0.305 e. The molecule has 86 valence electrons. The minimum absolute atomic E-state index is 0.127. The second-order valence-corrected chi connectivity index (χ2v) is 3.95. The first-order valence-corrected chi connectivity index (χ1v) is 5.20. The summed E-state index contributed by atoms with van der Waals surface area (Å²) in [4.78, 5) is 11.1. The molecule has 0 fully saturated rings. The number of ether oxygens (including phenoxy) is 2. The van der Waals surface area contributed by atoms with Gasteiger partial charge in [-0.1, -0.05) is 0 Å². The van der Waals surface area contributed by atoms with Crippen LogP contribution in [0.3, 0.4) is 0 Å². The van der Waals surface area contributed by atoms with Crippen molar-refractivity contribution in [2.75, 3.05) is 13.7 Å². The van der Waals surface area contributed by atoms with E-state index in [1.165, 1.54) is 7.11 Å². The summed E-state index contributed by atoms with van der Waals surface area (Å²) in [5, 5.41) is 9.36. The van der Waals surface area contributed by atoms with Crippen molar-refractivity contribution in [3.63, 3.8) is 0 Å². The van der Waals surface area contributed by atoms with Crippen LogP contribution in [-0.2, 0) is 16.0 Å². The van der Waals surface area contributed by atoms with Crippen LogP contribution in [0.1, 0.15) is 12.0 Å². The average molecular weight is 222 g/mol. The van der Waals surface area contributed by atoms with Crippen molar-refractivity contribution >= 4 is 5.97 Å². The first-order chi connectivity index (χ1) is 7.69. The molecular formula is C12H14O4. The van der Waals surface area contributed by atoms with Gasteiger partial charge < -0.3 is 14.6 Å². The average Bonchev–Trinajstić information content (AvgIpc) is 2.28. The Bertz CT molecular complexity index is 400. The molecule has 0 bridgehead atoms. The molecule has 1 aromatic carbocycles. The van der Waals surface area contributed by atoms with E-state index in [0.717, 1.165) is 17.7 Å². The fourth-order valence-corrected chi connectivity index (χ4v) is 1.89. The minimum atomic E-state index is -0.225. The Morgan fingerprint density at radius 3 is 3.19 bits per heavy atom. The monoisotopic (exact) mass is 222 g/mol. The molecule has 0 aromatic heterocycles. The highest BCUT2D eigenvalue weighted by molar-refractivity contribution is 5.69. The van der Waals surface area contributed by atoms with E-state index in [1.807, 2.05) is 0 Å². The van der Waals surface area contributed by atoms with Gasteiger partial charge in [0.2, 0.25) is 0 Å². The van der Waals surface area contributed by atoms with Gasteiger partial charge in [-0.15, -0.1) is 0 Å². The second kappa shape index (κ2) is 4.43. The van der Waals surface area contributed by atoms with Crippen molar-refractivity contribution < 1.29 is 19.4 Å². The summed E-state index contributed by atoms with van der Waals surface area (Å²) in [5.41, 5.74) is 0.945. The van der Waals surface area contributed by atoms with Crippen molar-refractivity contribution in [1.82, 2.24) is 0 Å². The fourth-order valence-electron chi connectivity index (χ4n) is 1.89. The number of rotatable bonds is 2. The largest absolute Gasteiger partial charge is 0.508 e. The summed E-state index contributed by atoms with van der Waals surface area (Å²) >= 11 is 0. The minimum Gasteiger partial charge on any atom is -0.508 e. The maximum atomic E-state index is 11.1. The lowest BCUT2D eigenvalue weighted by Crippen LogP contribution is -2.23. The van der Waals surface area contributed by atoms with E-state index in [-0.39, 0.29) is 17.6 Å². The van der Waals surface area contributed by atoms with E-state index in [9.17, 15) is 9.90 Å². The maximum absolute atomic E-state index is 11.1. The van der Waals surface area contributed by atoms with E-state index < -0.39 is 0 Å². The quantitative estimate of drug-likeness (QED) is 0.770. The predicted octanol–water partition coefficient (Wildman–Crippen LogP) is 1.51. The number of methoxy groups -OCH3 is 1. The lowest BCUT2D eigenvalue weighted by molar-refractivity contribution is -0.142. The Morgan fingerprint density at radius 2 is 2.44 bits per heavy atom. The summed E-state index contributed by atoms with van der Waals surface area (Å²) < 4.78 is 10.1. The number of phenols is 1. The van der Waals surface area contributed by atoms with Crippen LogP contribution in [0.25, 0.3) is 0 Å². The van der Waals surface area contributed by atoms with Gasteiger partial charge >= 0.3 is 5.97 Å². The molecule has 1 aromatic rings. The Morgan fingerprint density at radius 1 is 1.62 bits per heavy atom. The second-order valence-electron chi connectivity index (χ2n) is 3.95. The van der Waals surface area contributed by atoms with Crippen molar-refractivity contribution in [2.45, 2.75) is 12.8 Å². The third kappa shape index (κ3) is 2.27. The molecule has 1 unspecified atom stereocenters. The van der Waals surface area contributed by atoms with Gasteiger partial charge in [-0.2, -0.15) is 0 Å². The van der Waals surface area contributed by atoms with E-state index in [1.54, 1.807) is 18.2 Å². The molecule has 0 amide bonds. The number of benzene rings is 1. The van der Waals surface area contributed by atoms with Gasteiger partial charge in [-0.3, -0.25) is 4.79 Å². The molecule has 1 atom stereocenters. The summed E-state index contributed by atoms with van der Waals surface area (Å²) in [6.45, 7) is 0.521. The Balaban J connectivity index is 2.08. The maximum Gasteiger partial charge on any atom is 0.305 e. The normalized spacial score (nSPS) is 18.4. The van der Waals surface area contributed by atoms with Gasteiger partial charge in [0, 0.05) is 5.92 Å². The molecular weight excluding hydrogens is 208 g/mol. The topological polar surface area (TPSA) is 55.8 Å². The number of carbonyl (C=O) groups is 1. The zero-order valence-electron chi connectivity index (χ0n) is 9.10. The lowest BCUT2D eigenvalue weighted by atomic mass is 9.94. The molecule has 2 rings (SSSR count). The van der Waals surface area contributed by atoms with Gasteiger partial charge in [0.15, 0.2) is 0 Å². The zero-order chi connectivity index (χ0) is 11.5. The predicted molar refractivity (Wildman–Crippen MR) is 57.4 cm³/mol. The third-order valence-electron chi connectivity index (χ3n) is 2.71. The SMILES string of the molecule is COC(=O)CC1COc2ccc(O)cc2C1. The summed E-state index contributed by atoms with van der Waals surface area (Å²) in [6.07, 6.45) is 1.09. The van der Waals surface area contributed by atoms with Crippen LogP contribution in [0.2, 0.25) is 0 Å². The molecule has 4 heteroatoms. The molecule has 4 nitrogen and oxygen atoms in total. The van der Waals surface area contributed by atoms with E-state index in [0.29, 0.717) is 13.0 Å². The van der Waals surface area contributed by atoms with Crippen LogP contribution in [0, 0.1) is 5.92 Å². The summed E-state index contributed by atoms with van der Waals surface area (Å²) in [5.74, 6) is 0.916. The van der Waals surface area contributed by atoms with Crippen LogP contribution in [0.4, 0.5) is 0 Å². The summed E-state index contributed by atoms with van der Waals surface area (Å²) in [6, 6.07) is 5.03. The van der Waals surface area contributed by atoms with Crippen molar-refractivity contribution in [2.24, 2.45) is 5.92 Å². The van der Waals surface area contributed by atoms with E-state index in [4.69, 9.17) is 4.74 Å². The molecule has 1 N–H and O–H groups in total. The van der Waals surface area contributed by atoms with E-state index >= 15 is 0 Å². The van der Waals surface area contributed by atoms with Gasteiger partial charge in [-0.25, -0.2) is 0 Å². The molecule has 0 saturated heterocycles. The zero-order valence-corrected chi connectivity index (χ0v) is 9.10. The van der Waals surface area contributed by atoms with Gasteiger partial charge in [0.25, 0.3) is 0 Å². The van der Waals surface area contributed by atoms with Crippen molar-refractivity contribution in [3.05, 3.63) is 23.8 Å². The molecule has 0 spiro atoms. The molecule has 0 saturated carbocycles. The molecule has 0 radical (unpaired) electrons. The molecule has 1 heterocycles. The number of hydrogen-bond donors (Lipinski definition) is 1. The Hall–Kier alpha value is -1.71. The van der Waals surface area contributed by atoms with Gasteiger partial charge in [0.05, 0.1) is 20.1 Å². The first-order valence-electron chi connectivity index (χ1n) is 5.20. The number of fused-ring (bicyclic) bond motifs is 1. The van der Waals surface area contributed by atoms with Crippen molar-refractivity contribution in [3.8, 4) is 11.5 Å². The van der Waals surface area contributed by atoms with Gasteiger partial charge in [0.1, 0.15) is 11.5 Å². The Kier molecular flexibility index (Phi) is 2.99. The standard InChI is InChI=1S/C12H14O4/c1-15-12(14)5-8-4-9-6-10(13)2-3-11(9)16-7-8/h2-3,6,8,13H,4-5,7H2,1H3. The van der Waals surface area contributed by atoms with Crippen LogP contribution >= 0.6 is 0 Å². The Labute approximate surface area is 93.8 Å². The number of hydrogen-bond acceptors (Lipinski definition) is 4. The number of carbonyl (C=O) groups excluding carboxylic acids is 1. The van der Waals surface area contributed by atoms with Gasteiger partial charge in [-0.05, 0) is 30.2 Å². The number of phenolic OH excluding ortho intramolecular Hbond substituents is 1. The van der Waals surface area contributed by atoms with Crippen LogP contribution in [0.15, 0.2) is 18.2 Å². The van der Waals surface area contributed by atoms with Crippen LogP contribution in [0.5, 0.6) is 11.5 Å². The molecule has 0 aliphatic carbocycles. The highest BCUT2D eigenvalue weighted by Gasteiger charge is 2.22.